The van der Waals surface area contributed by atoms with Gasteiger partial charge in [0.2, 0.25) is 0 Å². The van der Waals surface area contributed by atoms with E-state index < -0.39 is 0 Å². The maximum atomic E-state index is 6.15. The lowest BCUT2D eigenvalue weighted by Crippen LogP contribution is -2.48. The Morgan fingerprint density at radius 2 is 1.88 bits per heavy atom. The zero-order valence-corrected chi connectivity index (χ0v) is 12.2. The topological polar surface area (TPSA) is 18.5 Å². The van der Waals surface area contributed by atoms with Gasteiger partial charge in [0.15, 0.2) is 0 Å². The molecule has 0 unspecified atom stereocenters. The van der Waals surface area contributed by atoms with Crippen LogP contribution in [0.3, 0.4) is 0 Å². The van der Waals surface area contributed by atoms with Crippen molar-refractivity contribution in [2.45, 2.75) is 66.5 Å². The molecule has 0 aromatic heterocycles. The monoisotopic (exact) mass is 238 g/mol. The molecule has 3 heteroatoms. The van der Waals surface area contributed by atoms with E-state index >= 15 is 0 Å². The maximum absolute atomic E-state index is 6.15. The summed E-state index contributed by atoms with van der Waals surface area (Å²) in [5.41, 5.74) is 0.358. The van der Waals surface area contributed by atoms with Crippen LogP contribution in [0.4, 0.5) is 0 Å². The molecule has 0 aromatic carbocycles. The molecule has 1 heterocycles. The molecule has 2 rings (SSSR count). The highest BCUT2D eigenvalue weighted by molar-refractivity contribution is 6.45. The highest BCUT2D eigenvalue weighted by Gasteiger charge is 2.52. The smallest absolute Gasteiger partial charge is 0.406 e. The van der Waals surface area contributed by atoms with Crippen molar-refractivity contribution in [2.75, 3.05) is 0 Å². The third kappa shape index (κ3) is 2.41. The van der Waals surface area contributed by atoms with Crippen molar-refractivity contribution in [3.63, 3.8) is 0 Å². The summed E-state index contributed by atoms with van der Waals surface area (Å²) >= 11 is 0. The molecule has 1 aliphatic heterocycles. The molecule has 1 aliphatic carbocycles. The average Bonchev–Trinajstić information content (AvgIpc) is 2.57. The molecule has 0 radical (unpaired) electrons. The highest BCUT2D eigenvalue weighted by Crippen LogP contribution is 2.49. The Morgan fingerprint density at radius 3 is 2.47 bits per heavy atom. The molecule has 0 bridgehead atoms. The van der Waals surface area contributed by atoms with Crippen molar-refractivity contribution in [1.29, 1.82) is 0 Å². The lowest BCUT2D eigenvalue weighted by atomic mass is 9.61. The fourth-order valence-corrected chi connectivity index (χ4v) is 3.22. The van der Waals surface area contributed by atoms with Crippen LogP contribution in [0.2, 0.25) is 6.32 Å². The van der Waals surface area contributed by atoms with Crippen molar-refractivity contribution in [3.8, 4) is 0 Å². The van der Waals surface area contributed by atoms with Gasteiger partial charge in [-0.05, 0) is 35.9 Å². The highest BCUT2D eigenvalue weighted by atomic mass is 16.7. The van der Waals surface area contributed by atoms with Crippen LogP contribution in [-0.4, -0.2) is 19.3 Å². The summed E-state index contributed by atoms with van der Waals surface area (Å²) in [4.78, 5) is 0. The Bertz CT molecular complexity index is 277. The molecule has 2 nitrogen and oxygen atoms in total. The van der Waals surface area contributed by atoms with Gasteiger partial charge >= 0.3 is 7.12 Å². The van der Waals surface area contributed by atoms with Crippen molar-refractivity contribution in [3.05, 3.63) is 0 Å². The zero-order valence-electron chi connectivity index (χ0n) is 12.2. The van der Waals surface area contributed by atoms with E-state index in [1.54, 1.807) is 0 Å². The van der Waals surface area contributed by atoms with E-state index in [0.717, 1.165) is 12.7 Å². The Balaban J connectivity index is 2.06. The minimum atomic E-state index is 0.0357. The van der Waals surface area contributed by atoms with E-state index in [1.165, 1.54) is 0 Å². The van der Waals surface area contributed by atoms with Crippen LogP contribution in [0.15, 0.2) is 0 Å². The van der Waals surface area contributed by atoms with Gasteiger partial charge in [-0.15, -0.1) is 0 Å². The van der Waals surface area contributed by atoms with Crippen LogP contribution in [0, 0.1) is 23.2 Å². The first-order chi connectivity index (χ1) is 7.82. The van der Waals surface area contributed by atoms with Gasteiger partial charge in [0.25, 0.3) is 0 Å². The number of hydrogen-bond acceptors (Lipinski definition) is 2. The summed E-state index contributed by atoms with van der Waals surface area (Å²) < 4.78 is 12.2. The molecule has 1 saturated carbocycles. The van der Waals surface area contributed by atoms with Crippen LogP contribution >= 0.6 is 0 Å². The van der Waals surface area contributed by atoms with Gasteiger partial charge in [-0.3, -0.25) is 0 Å². The van der Waals surface area contributed by atoms with Gasteiger partial charge in [0.05, 0.1) is 12.2 Å². The third-order valence-electron chi connectivity index (χ3n) is 5.19. The summed E-state index contributed by atoms with van der Waals surface area (Å²) in [6.45, 7) is 13.9. The minimum Gasteiger partial charge on any atom is -0.406 e. The van der Waals surface area contributed by atoms with Crippen molar-refractivity contribution in [2.24, 2.45) is 23.2 Å². The molecule has 17 heavy (non-hydrogen) atoms. The summed E-state index contributed by atoms with van der Waals surface area (Å²) in [5.74, 6) is 1.93. The molecule has 1 saturated heterocycles. The minimum absolute atomic E-state index is 0.0357. The molecule has 0 amide bonds. The third-order valence-corrected chi connectivity index (χ3v) is 5.19. The molecular formula is C14H27BO2. The van der Waals surface area contributed by atoms with E-state index in [-0.39, 0.29) is 7.12 Å². The van der Waals surface area contributed by atoms with Crippen LogP contribution in [0.1, 0.15) is 48.0 Å². The summed E-state index contributed by atoms with van der Waals surface area (Å²) in [6.07, 6.45) is 2.81. The second kappa shape index (κ2) is 4.58. The second-order valence-electron chi connectivity index (χ2n) is 7.08. The van der Waals surface area contributed by atoms with E-state index in [4.69, 9.17) is 9.31 Å². The molecule has 2 fully saturated rings. The Morgan fingerprint density at radius 1 is 1.24 bits per heavy atom. The first kappa shape index (κ1) is 13.4. The molecule has 4 atom stereocenters. The lowest BCUT2D eigenvalue weighted by Gasteiger charge is -2.47. The Labute approximate surface area is 107 Å². The van der Waals surface area contributed by atoms with Crippen LogP contribution in [0.25, 0.3) is 0 Å². The fraction of sp³-hybridized carbons (Fsp3) is 1.00. The molecule has 2 aliphatic rings. The van der Waals surface area contributed by atoms with Crippen molar-refractivity contribution in [1.82, 2.24) is 0 Å². The summed E-state index contributed by atoms with van der Waals surface area (Å²) in [5, 5.41) is 0. The van der Waals surface area contributed by atoms with Crippen molar-refractivity contribution >= 4 is 7.12 Å². The first-order valence-electron chi connectivity index (χ1n) is 7.13. The Kier molecular flexibility index (Phi) is 3.62. The van der Waals surface area contributed by atoms with Gasteiger partial charge < -0.3 is 9.31 Å². The zero-order chi connectivity index (χ0) is 12.8. The van der Waals surface area contributed by atoms with E-state index in [0.29, 0.717) is 35.4 Å². The van der Waals surface area contributed by atoms with E-state index in [9.17, 15) is 0 Å². The van der Waals surface area contributed by atoms with Crippen molar-refractivity contribution < 1.29 is 9.31 Å². The summed E-state index contributed by atoms with van der Waals surface area (Å²) in [6, 6.07) is 0. The number of hydrogen-bond donors (Lipinski definition) is 0. The van der Waals surface area contributed by atoms with Crippen LogP contribution in [0.5, 0.6) is 0 Å². The van der Waals surface area contributed by atoms with Crippen LogP contribution < -0.4 is 0 Å². The fourth-order valence-electron chi connectivity index (χ4n) is 3.22. The normalized spacial score (nSPS) is 40.8. The van der Waals surface area contributed by atoms with Gasteiger partial charge in [0, 0.05) is 0 Å². The maximum Gasteiger partial charge on any atom is 0.457 e. The molecule has 0 N–H and O–H groups in total. The predicted octanol–water partition coefficient (Wildman–Crippen LogP) is 3.62. The molecular weight excluding hydrogens is 211 g/mol. The standard InChI is InChI=1S/C14H27BO2/c1-9(2)8-15-16-12-7-10(3)14(5,6)11(4)13(12)17-15/h9-13H,7-8H2,1-6H3/t10-,11-,12+,13-/m0/s1. The largest absolute Gasteiger partial charge is 0.457 e. The van der Waals surface area contributed by atoms with Gasteiger partial charge in [-0.1, -0.05) is 41.5 Å². The van der Waals surface area contributed by atoms with Crippen LogP contribution in [-0.2, 0) is 9.31 Å². The van der Waals surface area contributed by atoms with Gasteiger partial charge in [-0.25, -0.2) is 0 Å². The molecule has 0 spiro atoms. The molecule has 98 valence electrons. The predicted molar refractivity (Wildman–Crippen MR) is 71.9 cm³/mol. The van der Waals surface area contributed by atoms with E-state index in [2.05, 4.69) is 41.5 Å². The quantitative estimate of drug-likeness (QED) is 0.684. The SMILES string of the molecule is CC(C)CB1O[C@@H]2[C@@H](C[C@H](C)C(C)(C)[C@H]2C)O1. The number of rotatable bonds is 2. The average molecular weight is 238 g/mol. The van der Waals surface area contributed by atoms with Gasteiger partial charge in [0.1, 0.15) is 0 Å². The molecule has 0 aromatic rings. The number of fused-ring (bicyclic) bond motifs is 1. The second-order valence-corrected chi connectivity index (χ2v) is 7.08. The van der Waals surface area contributed by atoms with E-state index in [1.807, 2.05) is 0 Å². The van der Waals surface area contributed by atoms with Gasteiger partial charge in [-0.2, -0.15) is 0 Å². The summed E-state index contributed by atoms with van der Waals surface area (Å²) in [7, 11) is 0.0357. The Hall–Kier alpha value is -0.0151. The lowest BCUT2D eigenvalue weighted by molar-refractivity contribution is -0.0453. The first-order valence-corrected chi connectivity index (χ1v) is 7.13.